The molecule has 5 aromatic rings. The third-order valence-corrected chi connectivity index (χ3v) is 7.35. The van der Waals surface area contributed by atoms with Gasteiger partial charge in [-0.15, -0.1) is 0 Å². The molecule has 0 saturated heterocycles. The molecule has 0 amide bonds. The number of hydrogen-bond acceptors (Lipinski definition) is 4. The summed E-state index contributed by atoms with van der Waals surface area (Å²) in [5, 5.41) is 4.63. The van der Waals surface area contributed by atoms with Gasteiger partial charge in [-0.1, -0.05) is 43.7 Å². The first-order valence-electron chi connectivity index (χ1n) is 13.7. The number of ether oxygens (including phenoxy) is 1. The van der Waals surface area contributed by atoms with Gasteiger partial charge in [0.25, 0.3) is 0 Å². The topological polar surface area (TPSA) is 70.2 Å². The molecule has 2 heterocycles. The van der Waals surface area contributed by atoms with Crippen LogP contribution in [0.25, 0.3) is 21.9 Å². The molecule has 2 aromatic heterocycles. The van der Waals surface area contributed by atoms with E-state index >= 15 is 0 Å². The first kappa shape index (κ1) is 26.4. The highest BCUT2D eigenvalue weighted by molar-refractivity contribution is 5.88. The number of esters is 1. The lowest BCUT2D eigenvalue weighted by Gasteiger charge is -2.17. The Bertz CT molecular complexity index is 1680. The molecule has 0 aliphatic rings. The summed E-state index contributed by atoms with van der Waals surface area (Å²) in [6, 6.07) is 22.0. The minimum atomic E-state index is -0.285. The molecule has 1 unspecified atom stereocenters. The van der Waals surface area contributed by atoms with Crippen molar-refractivity contribution in [1.29, 1.82) is 0 Å². The Morgan fingerprint density at radius 2 is 1.74 bits per heavy atom. The molecular weight excluding hydrogens is 488 g/mol. The van der Waals surface area contributed by atoms with Gasteiger partial charge < -0.3 is 14.6 Å². The van der Waals surface area contributed by atoms with Gasteiger partial charge >= 0.3 is 11.7 Å². The van der Waals surface area contributed by atoms with Crippen LogP contribution in [0.1, 0.15) is 50.3 Å². The van der Waals surface area contributed by atoms with Crippen molar-refractivity contribution >= 4 is 39.3 Å². The smallest absolute Gasteiger partial charge is 0.329 e. The second-order valence-corrected chi connectivity index (χ2v) is 10.1. The summed E-state index contributed by atoms with van der Waals surface area (Å²) in [7, 11) is 2.04. The Labute approximate surface area is 228 Å². The predicted octanol–water partition coefficient (Wildman–Crippen LogP) is 6.69. The maximum Gasteiger partial charge on any atom is 0.329 e. The zero-order chi connectivity index (χ0) is 27.5. The van der Waals surface area contributed by atoms with E-state index in [-0.39, 0.29) is 24.1 Å². The zero-order valence-corrected chi connectivity index (χ0v) is 23.1. The van der Waals surface area contributed by atoms with E-state index in [1.165, 1.54) is 10.9 Å². The number of nitrogens with zero attached hydrogens (tertiary/aromatic N) is 3. The van der Waals surface area contributed by atoms with Gasteiger partial charge in [-0.25, -0.2) is 4.79 Å². The fourth-order valence-corrected chi connectivity index (χ4v) is 5.64. The maximum atomic E-state index is 14.2. The van der Waals surface area contributed by atoms with Crippen LogP contribution in [0.15, 0.2) is 77.7 Å². The molecular formula is C32H36N4O3. The van der Waals surface area contributed by atoms with E-state index in [1.54, 1.807) is 11.5 Å². The molecule has 5 rings (SSSR count). The number of fused-ring (bicyclic) bond motifs is 2. The Hall–Kier alpha value is -4.26. The van der Waals surface area contributed by atoms with Crippen molar-refractivity contribution in [3.63, 3.8) is 0 Å². The number of anilines is 2. The van der Waals surface area contributed by atoms with Crippen LogP contribution in [0, 0.1) is 6.92 Å². The number of para-hydroxylation sites is 1. The average molecular weight is 525 g/mol. The van der Waals surface area contributed by atoms with Crippen molar-refractivity contribution < 1.29 is 9.53 Å². The maximum absolute atomic E-state index is 14.2. The number of aryl methyl sites for hydroxylation is 2. The summed E-state index contributed by atoms with van der Waals surface area (Å²) < 4.78 is 11.0. The van der Waals surface area contributed by atoms with Gasteiger partial charge in [-0.2, -0.15) is 0 Å². The number of carbonyl (C=O) groups is 1. The monoisotopic (exact) mass is 524 g/mol. The number of hydrogen-bond donors (Lipinski definition) is 1. The number of aromatic nitrogens is 3. The second kappa shape index (κ2) is 11.2. The first-order valence-corrected chi connectivity index (χ1v) is 13.7. The van der Waals surface area contributed by atoms with E-state index in [0.29, 0.717) is 19.6 Å². The quantitative estimate of drug-likeness (QED) is 0.207. The average Bonchev–Trinajstić information content (AvgIpc) is 3.38. The van der Waals surface area contributed by atoms with E-state index < -0.39 is 0 Å². The molecule has 7 nitrogen and oxygen atoms in total. The van der Waals surface area contributed by atoms with Crippen LogP contribution in [0.4, 0.5) is 11.4 Å². The lowest BCUT2D eigenvalue weighted by molar-refractivity contribution is -0.144. The SMILES string of the molecule is CCCC(CC(=O)OCC)n1c(=O)n(Cc2cn(C)c3cccc(C)c23)c2cc(Nc3ccccc3)ccc21. The molecule has 1 atom stereocenters. The van der Waals surface area contributed by atoms with Crippen LogP contribution in [0.3, 0.4) is 0 Å². The van der Waals surface area contributed by atoms with E-state index in [9.17, 15) is 9.59 Å². The highest BCUT2D eigenvalue weighted by atomic mass is 16.5. The fraction of sp³-hybridized carbons (Fsp3) is 0.312. The van der Waals surface area contributed by atoms with Gasteiger partial charge in [0.15, 0.2) is 0 Å². The number of nitrogens with one attached hydrogen (secondary N) is 1. The van der Waals surface area contributed by atoms with Crippen LogP contribution in [0.2, 0.25) is 0 Å². The Balaban J connectivity index is 1.67. The van der Waals surface area contributed by atoms with Crippen LogP contribution in [0.5, 0.6) is 0 Å². The van der Waals surface area contributed by atoms with E-state index in [4.69, 9.17) is 4.74 Å². The Morgan fingerprint density at radius 1 is 0.949 bits per heavy atom. The van der Waals surface area contributed by atoms with Gasteiger partial charge in [0, 0.05) is 41.6 Å². The minimum absolute atomic E-state index is 0.116. The van der Waals surface area contributed by atoms with Gasteiger partial charge in [-0.3, -0.25) is 13.9 Å². The number of carbonyl (C=O) groups excluding carboxylic acids is 1. The van der Waals surface area contributed by atoms with Gasteiger partial charge in [0.05, 0.1) is 30.6 Å². The number of imidazole rings is 1. The standard InChI is InChI=1S/C32H36N4O3/c1-5-11-26(19-30(37)39-6-2)36-27-17-16-25(33-24-13-8-7-9-14-24)18-29(27)35(32(36)38)21-23-20-34(4)28-15-10-12-22(3)31(23)28/h7-10,12-18,20,26,33H,5-6,11,19,21H2,1-4H3. The summed E-state index contributed by atoms with van der Waals surface area (Å²) in [6.07, 6.45) is 3.83. The molecule has 39 heavy (non-hydrogen) atoms. The van der Waals surface area contributed by atoms with Crippen LogP contribution < -0.4 is 11.0 Å². The van der Waals surface area contributed by atoms with Crippen molar-refractivity contribution in [2.24, 2.45) is 7.05 Å². The van der Waals surface area contributed by atoms with E-state index in [0.717, 1.165) is 39.9 Å². The molecule has 202 valence electrons. The lowest BCUT2D eigenvalue weighted by Crippen LogP contribution is -2.29. The fourth-order valence-electron chi connectivity index (χ4n) is 5.64. The molecule has 0 spiro atoms. The molecule has 0 aliphatic heterocycles. The third-order valence-electron chi connectivity index (χ3n) is 7.35. The van der Waals surface area contributed by atoms with Crippen molar-refractivity contribution in [3.8, 4) is 0 Å². The molecule has 1 N–H and O–H groups in total. The number of benzene rings is 3. The first-order chi connectivity index (χ1) is 18.9. The normalized spacial score (nSPS) is 12.2. The van der Waals surface area contributed by atoms with Gasteiger partial charge in [0.1, 0.15) is 0 Å². The van der Waals surface area contributed by atoms with Crippen molar-refractivity contribution in [2.45, 2.75) is 52.6 Å². The van der Waals surface area contributed by atoms with E-state index in [1.807, 2.05) is 60.1 Å². The summed E-state index contributed by atoms with van der Waals surface area (Å²) in [5.74, 6) is -0.282. The number of rotatable bonds is 10. The van der Waals surface area contributed by atoms with Crippen molar-refractivity contribution in [3.05, 3.63) is 94.5 Å². The summed E-state index contributed by atoms with van der Waals surface area (Å²) >= 11 is 0. The van der Waals surface area contributed by atoms with Crippen LogP contribution in [-0.4, -0.2) is 26.3 Å². The van der Waals surface area contributed by atoms with Crippen LogP contribution >= 0.6 is 0 Å². The van der Waals surface area contributed by atoms with Crippen molar-refractivity contribution in [1.82, 2.24) is 13.7 Å². The molecule has 0 saturated carbocycles. The molecule has 3 aromatic carbocycles. The minimum Gasteiger partial charge on any atom is -0.466 e. The Kier molecular flexibility index (Phi) is 7.59. The molecule has 0 aliphatic carbocycles. The second-order valence-electron chi connectivity index (χ2n) is 10.1. The van der Waals surface area contributed by atoms with Crippen molar-refractivity contribution in [2.75, 3.05) is 11.9 Å². The Morgan fingerprint density at radius 3 is 2.49 bits per heavy atom. The molecule has 0 fully saturated rings. The summed E-state index contributed by atoms with van der Waals surface area (Å²) in [5.41, 5.74) is 6.81. The zero-order valence-electron chi connectivity index (χ0n) is 23.1. The summed E-state index contributed by atoms with van der Waals surface area (Å²) in [6.45, 7) is 6.73. The van der Waals surface area contributed by atoms with Crippen LogP contribution in [-0.2, 0) is 23.1 Å². The summed E-state index contributed by atoms with van der Waals surface area (Å²) in [4.78, 5) is 26.7. The highest BCUT2D eigenvalue weighted by Crippen LogP contribution is 2.30. The molecule has 0 bridgehead atoms. The largest absolute Gasteiger partial charge is 0.466 e. The molecule has 7 heteroatoms. The predicted molar refractivity (Wildman–Crippen MR) is 158 cm³/mol. The lowest BCUT2D eigenvalue weighted by atomic mass is 10.1. The van der Waals surface area contributed by atoms with Gasteiger partial charge in [0.2, 0.25) is 0 Å². The van der Waals surface area contributed by atoms with E-state index in [2.05, 4.69) is 48.1 Å². The van der Waals surface area contributed by atoms with Gasteiger partial charge in [-0.05, 0) is 67.8 Å². The molecule has 0 radical (unpaired) electrons. The third kappa shape index (κ3) is 5.21. The highest BCUT2D eigenvalue weighted by Gasteiger charge is 2.24.